The lowest BCUT2D eigenvalue weighted by Gasteiger charge is -2.20. The lowest BCUT2D eigenvalue weighted by atomic mass is 10.0. The fourth-order valence-corrected chi connectivity index (χ4v) is 4.89. The van der Waals surface area contributed by atoms with E-state index in [0.717, 1.165) is 21.6 Å². The molecule has 1 aliphatic rings. The molecule has 34 heavy (non-hydrogen) atoms. The van der Waals surface area contributed by atoms with Gasteiger partial charge in [0.1, 0.15) is 18.0 Å². The fourth-order valence-electron chi connectivity index (χ4n) is 3.58. The molecule has 178 valence electrons. The molecule has 14 heteroatoms. The molecule has 4 rings (SSSR count). The molecule has 0 saturated heterocycles. The number of anilines is 1. The number of thiazole rings is 1. The summed E-state index contributed by atoms with van der Waals surface area (Å²) >= 11 is 2.24. The maximum absolute atomic E-state index is 12.1. The Morgan fingerprint density at radius 1 is 1.32 bits per heavy atom. The van der Waals surface area contributed by atoms with Gasteiger partial charge in [-0.15, -0.1) is 19.6 Å². The molecule has 3 aromatic rings. The van der Waals surface area contributed by atoms with Gasteiger partial charge in [-0.25, -0.2) is 4.98 Å². The van der Waals surface area contributed by atoms with Crippen molar-refractivity contribution in [3.05, 3.63) is 35.4 Å². The van der Waals surface area contributed by atoms with Crippen LogP contribution in [0.2, 0.25) is 0 Å². The van der Waals surface area contributed by atoms with Crippen molar-refractivity contribution in [1.29, 1.82) is 0 Å². The van der Waals surface area contributed by atoms with Crippen molar-refractivity contribution in [3.63, 3.8) is 0 Å². The second kappa shape index (κ2) is 10.3. The van der Waals surface area contributed by atoms with Crippen LogP contribution in [0.5, 0.6) is 5.75 Å². The summed E-state index contributed by atoms with van der Waals surface area (Å²) in [6.07, 6.45) is 0.403. The number of carbonyl (C=O) groups is 2. The van der Waals surface area contributed by atoms with Gasteiger partial charge in [0.05, 0.1) is 40.1 Å². The summed E-state index contributed by atoms with van der Waals surface area (Å²) < 4.78 is 10.5. The van der Waals surface area contributed by atoms with E-state index in [4.69, 9.17) is 16.4 Å². The number of nitrogens with zero attached hydrogens (tertiary/aromatic N) is 4. The van der Waals surface area contributed by atoms with Crippen LogP contribution in [0.25, 0.3) is 10.2 Å². The second-order valence-corrected chi connectivity index (χ2v) is 8.82. The monoisotopic (exact) mass is 504 g/mol. The summed E-state index contributed by atoms with van der Waals surface area (Å²) in [7, 11) is 0. The average molecular weight is 505 g/mol. The summed E-state index contributed by atoms with van der Waals surface area (Å²) in [5, 5.41) is 19.5. The first-order valence-corrected chi connectivity index (χ1v) is 11.6. The fraction of sp³-hybridized carbons (Fsp3) is 0.250. The van der Waals surface area contributed by atoms with Crippen molar-refractivity contribution in [3.8, 4) is 5.75 Å². The van der Waals surface area contributed by atoms with Crippen LogP contribution in [0.3, 0.4) is 0 Å². The number of hydrogen-bond donors (Lipinski definition) is 3. The zero-order valence-corrected chi connectivity index (χ0v) is 19.5. The van der Waals surface area contributed by atoms with Crippen molar-refractivity contribution in [1.82, 2.24) is 4.98 Å². The Hall–Kier alpha value is -3.30. The predicted octanol–water partition coefficient (Wildman–Crippen LogP) is 3.27. The number of amides is 1. The van der Waals surface area contributed by atoms with Crippen molar-refractivity contribution in [2.75, 3.05) is 24.6 Å². The molecule has 1 aliphatic heterocycles. The molecule has 1 aromatic heterocycles. The van der Waals surface area contributed by atoms with E-state index in [0.29, 0.717) is 34.9 Å². The first kappa shape index (κ1) is 23.8. The van der Waals surface area contributed by atoms with E-state index in [9.17, 15) is 14.7 Å². The molecule has 12 nitrogen and oxygen atoms in total. The molecule has 5 N–H and O–H groups in total. The van der Waals surface area contributed by atoms with Crippen molar-refractivity contribution in [2.45, 2.75) is 18.2 Å². The highest BCUT2D eigenvalue weighted by atomic mass is 32.2. The van der Waals surface area contributed by atoms with E-state index in [2.05, 4.69) is 24.5 Å². The number of benzene rings is 2. The van der Waals surface area contributed by atoms with E-state index >= 15 is 0 Å². The molecule has 0 aliphatic carbocycles. The minimum Gasteiger partial charge on any atom is -0.507 e. The Balaban J connectivity index is 1.69. The largest absolute Gasteiger partial charge is 0.507 e. The van der Waals surface area contributed by atoms with Gasteiger partial charge in [-0.05, 0) is 37.6 Å². The minimum absolute atomic E-state index is 0.0329. The van der Waals surface area contributed by atoms with Gasteiger partial charge in [-0.1, -0.05) is 11.3 Å². The minimum atomic E-state index is -0.797. The highest BCUT2D eigenvalue weighted by molar-refractivity contribution is 7.94. The maximum Gasteiger partial charge on any atom is 0.325 e. The number of carbonyl (C=O) groups excluding carboxylic acids is 2. The molecule has 0 spiro atoms. The second-order valence-electron chi connectivity index (χ2n) is 7.03. The predicted molar refractivity (Wildman–Crippen MR) is 125 cm³/mol. The van der Waals surface area contributed by atoms with Gasteiger partial charge in [0.25, 0.3) is 5.91 Å². The molecule has 0 saturated carbocycles. The summed E-state index contributed by atoms with van der Waals surface area (Å²) in [5.74, 6) is 3.43. The first-order chi connectivity index (χ1) is 16.4. The average Bonchev–Trinajstić information content (AvgIpc) is 3.41. The highest BCUT2D eigenvalue weighted by Crippen LogP contribution is 2.45. The normalized spacial score (nSPS) is 13.1. The number of fused-ring (bicyclic) bond motifs is 2. The van der Waals surface area contributed by atoms with Gasteiger partial charge in [0.15, 0.2) is 0 Å². The number of primary amides is 1. The number of phenols is 1. The van der Waals surface area contributed by atoms with E-state index in [1.807, 2.05) is 6.07 Å². The summed E-state index contributed by atoms with van der Waals surface area (Å²) in [6.45, 7) is 2.37. The van der Waals surface area contributed by atoms with Gasteiger partial charge in [0.2, 0.25) is 5.13 Å². The van der Waals surface area contributed by atoms with Crippen molar-refractivity contribution in [2.24, 2.45) is 21.9 Å². The van der Waals surface area contributed by atoms with Gasteiger partial charge in [0, 0.05) is 17.0 Å². The number of nitrogens with two attached hydrogens (primary N) is 2. The number of rotatable bonds is 9. The molecule has 2 aromatic carbocycles. The summed E-state index contributed by atoms with van der Waals surface area (Å²) in [4.78, 5) is 35.0. The number of azo groups is 1. The lowest BCUT2D eigenvalue weighted by Crippen LogP contribution is -2.29. The summed E-state index contributed by atoms with van der Waals surface area (Å²) in [5.41, 5.74) is 7.33. The van der Waals surface area contributed by atoms with Crippen LogP contribution in [0.15, 0.2) is 39.4 Å². The topological polar surface area (TPSA) is 175 Å². The molecule has 0 unspecified atom stereocenters. The SMILES string of the molecule is CCOC(=O)CN1CCc2c(O)c(C(N)=O)cc(N=Nc3nc4ccc(SOON)cc4s3)c21. The Morgan fingerprint density at radius 3 is 2.88 bits per heavy atom. The quantitative estimate of drug-likeness (QED) is 0.129. The smallest absolute Gasteiger partial charge is 0.325 e. The lowest BCUT2D eigenvalue weighted by molar-refractivity contribution is -0.195. The van der Waals surface area contributed by atoms with Crippen LogP contribution in [0, 0.1) is 0 Å². The number of aromatic nitrogens is 1. The van der Waals surface area contributed by atoms with Crippen LogP contribution in [-0.4, -0.2) is 41.7 Å². The van der Waals surface area contributed by atoms with Gasteiger partial charge in [-0.2, -0.15) is 5.90 Å². The van der Waals surface area contributed by atoms with Gasteiger partial charge in [-0.3, -0.25) is 9.59 Å². The molecule has 0 fully saturated rings. The van der Waals surface area contributed by atoms with Crippen LogP contribution in [0.1, 0.15) is 22.8 Å². The van der Waals surface area contributed by atoms with E-state index < -0.39 is 11.9 Å². The third-order valence-electron chi connectivity index (χ3n) is 4.95. The van der Waals surface area contributed by atoms with E-state index in [1.165, 1.54) is 17.4 Å². The van der Waals surface area contributed by atoms with Crippen LogP contribution >= 0.6 is 23.4 Å². The maximum atomic E-state index is 12.1. The number of esters is 1. The molecule has 0 bridgehead atoms. The zero-order chi connectivity index (χ0) is 24.2. The third-order valence-corrected chi connectivity index (χ3v) is 6.45. The number of hydrogen-bond acceptors (Lipinski definition) is 13. The molecule has 0 radical (unpaired) electrons. The van der Waals surface area contributed by atoms with Gasteiger partial charge >= 0.3 is 5.97 Å². The zero-order valence-electron chi connectivity index (χ0n) is 17.9. The first-order valence-electron chi connectivity index (χ1n) is 10.0. The Kier molecular flexibility index (Phi) is 7.23. The molecule has 2 heterocycles. The number of aromatic hydroxyl groups is 1. The standard InChI is InChI=1S/C20H20N6O6S2/c1-2-30-16(27)9-26-6-5-11-17(26)14(8-12(18(11)28)19(21)29)24-25-20-23-13-4-3-10(34-32-31-22)7-15(13)33-20/h3-4,7-8,28H,2,5-6,9,22H2,1H3,(H2,21,29). The number of ether oxygens (including phenoxy) is 1. The molecular weight excluding hydrogens is 484 g/mol. The van der Waals surface area contributed by atoms with Crippen LogP contribution < -0.4 is 16.5 Å². The van der Waals surface area contributed by atoms with Crippen molar-refractivity contribution >= 4 is 62.0 Å². The van der Waals surface area contributed by atoms with Crippen LogP contribution in [0.4, 0.5) is 16.5 Å². The molecule has 0 atom stereocenters. The van der Waals surface area contributed by atoms with Crippen molar-refractivity contribution < 1.29 is 28.8 Å². The molecular formula is C20H20N6O6S2. The Morgan fingerprint density at radius 2 is 2.15 bits per heavy atom. The highest BCUT2D eigenvalue weighted by Gasteiger charge is 2.30. The molecule has 1 amide bonds. The Bertz CT molecular complexity index is 1280. The summed E-state index contributed by atoms with van der Waals surface area (Å²) in [6, 6.07) is 6.76. The van der Waals surface area contributed by atoms with E-state index in [-0.39, 0.29) is 30.2 Å². The Labute approximate surface area is 201 Å². The van der Waals surface area contributed by atoms with Crippen LogP contribution in [-0.2, 0) is 25.3 Å². The van der Waals surface area contributed by atoms with Gasteiger partial charge < -0.3 is 20.5 Å². The third kappa shape index (κ3) is 4.95. The van der Waals surface area contributed by atoms with E-state index in [1.54, 1.807) is 24.0 Å².